The Labute approximate surface area is 98.3 Å². The van der Waals surface area contributed by atoms with Crippen LogP contribution in [-0.4, -0.2) is 5.78 Å². The molecule has 0 saturated heterocycles. The van der Waals surface area contributed by atoms with Crippen LogP contribution < -0.4 is 0 Å². The third kappa shape index (κ3) is 1.05. The second kappa shape index (κ2) is 2.80. The molecule has 3 aliphatic rings. The standard InChI is InChI=1S/C15H22O/c1-9-7-11(16)8-10-5-6-12-13(14(12,2)3)15(9,10)4/h8-9,12-13H,5-7H2,1-4H3/t9-,12-,13+,15+/m1/s1. The van der Waals surface area contributed by atoms with E-state index in [-0.39, 0.29) is 0 Å². The molecule has 0 aliphatic heterocycles. The van der Waals surface area contributed by atoms with Crippen LogP contribution in [0.4, 0.5) is 0 Å². The van der Waals surface area contributed by atoms with Crippen LogP contribution in [0.1, 0.15) is 47.0 Å². The monoisotopic (exact) mass is 218 g/mol. The molecule has 0 aromatic carbocycles. The number of fused-ring (bicyclic) bond motifs is 3. The Morgan fingerprint density at radius 3 is 2.69 bits per heavy atom. The Bertz CT molecular complexity index is 390. The highest BCUT2D eigenvalue weighted by atomic mass is 16.1. The summed E-state index contributed by atoms with van der Waals surface area (Å²) < 4.78 is 0. The van der Waals surface area contributed by atoms with E-state index in [9.17, 15) is 4.79 Å². The molecule has 1 nitrogen and oxygen atoms in total. The molecule has 4 atom stereocenters. The van der Waals surface area contributed by atoms with Gasteiger partial charge in [-0.2, -0.15) is 0 Å². The van der Waals surface area contributed by atoms with Gasteiger partial charge in [-0.1, -0.05) is 33.3 Å². The van der Waals surface area contributed by atoms with E-state index in [2.05, 4.69) is 27.7 Å². The first kappa shape index (κ1) is 10.6. The van der Waals surface area contributed by atoms with E-state index in [1.807, 2.05) is 6.08 Å². The fourth-order valence-corrected chi connectivity index (χ4v) is 4.87. The highest BCUT2D eigenvalue weighted by Gasteiger charge is 2.68. The van der Waals surface area contributed by atoms with E-state index >= 15 is 0 Å². The summed E-state index contributed by atoms with van der Waals surface area (Å²) in [5.74, 6) is 2.62. The number of ketones is 1. The zero-order valence-corrected chi connectivity index (χ0v) is 10.8. The lowest BCUT2D eigenvalue weighted by molar-refractivity contribution is -0.117. The van der Waals surface area contributed by atoms with E-state index in [0.29, 0.717) is 22.5 Å². The molecule has 0 aromatic rings. The molecule has 0 unspecified atom stereocenters. The molecule has 0 aromatic heterocycles. The van der Waals surface area contributed by atoms with Crippen LogP contribution in [0.25, 0.3) is 0 Å². The highest BCUT2D eigenvalue weighted by molar-refractivity contribution is 5.92. The van der Waals surface area contributed by atoms with Crippen LogP contribution >= 0.6 is 0 Å². The Morgan fingerprint density at radius 1 is 1.31 bits per heavy atom. The molecular formula is C15H22O. The van der Waals surface area contributed by atoms with E-state index in [1.54, 1.807) is 0 Å². The van der Waals surface area contributed by atoms with Crippen molar-refractivity contribution in [1.82, 2.24) is 0 Å². The van der Waals surface area contributed by atoms with Crippen molar-refractivity contribution in [2.75, 3.05) is 0 Å². The lowest BCUT2D eigenvalue weighted by atomic mass is 9.59. The van der Waals surface area contributed by atoms with Gasteiger partial charge in [0.05, 0.1) is 0 Å². The van der Waals surface area contributed by atoms with Crippen molar-refractivity contribution in [1.29, 1.82) is 0 Å². The molecule has 2 saturated carbocycles. The first-order valence-corrected chi connectivity index (χ1v) is 6.62. The Morgan fingerprint density at radius 2 is 2.00 bits per heavy atom. The molecule has 0 amide bonds. The summed E-state index contributed by atoms with van der Waals surface area (Å²) in [7, 11) is 0. The number of carbonyl (C=O) groups excluding carboxylic acids is 1. The Hall–Kier alpha value is -0.590. The number of hydrogen-bond acceptors (Lipinski definition) is 1. The minimum absolute atomic E-state index is 0.320. The Balaban J connectivity index is 2.06. The molecule has 16 heavy (non-hydrogen) atoms. The molecule has 0 radical (unpaired) electrons. The molecule has 3 aliphatic carbocycles. The van der Waals surface area contributed by atoms with E-state index in [1.165, 1.54) is 12.0 Å². The average molecular weight is 218 g/mol. The van der Waals surface area contributed by atoms with E-state index in [4.69, 9.17) is 0 Å². The second-order valence-corrected chi connectivity index (χ2v) is 6.97. The van der Waals surface area contributed by atoms with Crippen molar-refractivity contribution in [3.8, 4) is 0 Å². The second-order valence-electron chi connectivity index (χ2n) is 6.97. The first-order valence-electron chi connectivity index (χ1n) is 6.62. The maximum atomic E-state index is 11.7. The summed E-state index contributed by atoms with van der Waals surface area (Å²) >= 11 is 0. The van der Waals surface area contributed by atoms with Crippen LogP contribution in [0.15, 0.2) is 11.6 Å². The first-order chi connectivity index (χ1) is 7.38. The van der Waals surface area contributed by atoms with Gasteiger partial charge in [0.25, 0.3) is 0 Å². The summed E-state index contributed by atoms with van der Waals surface area (Å²) in [6, 6.07) is 0. The third-order valence-electron chi connectivity index (χ3n) is 5.98. The molecule has 3 rings (SSSR count). The largest absolute Gasteiger partial charge is 0.295 e. The topological polar surface area (TPSA) is 17.1 Å². The summed E-state index contributed by atoms with van der Waals surface area (Å²) in [6.45, 7) is 9.53. The lowest BCUT2D eigenvalue weighted by Gasteiger charge is -2.44. The summed E-state index contributed by atoms with van der Waals surface area (Å²) in [4.78, 5) is 11.7. The van der Waals surface area contributed by atoms with Crippen molar-refractivity contribution < 1.29 is 4.79 Å². The van der Waals surface area contributed by atoms with Crippen LogP contribution in [0.3, 0.4) is 0 Å². The predicted octanol–water partition coefficient (Wildman–Crippen LogP) is 3.59. The molecule has 0 bridgehead atoms. The number of allylic oxidation sites excluding steroid dienone is 2. The van der Waals surface area contributed by atoms with Gasteiger partial charge >= 0.3 is 0 Å². The molecule has 88 valence electrons. The number of carbonyl (C=O) groups is 1. The maximum absolute atomic E-state index is 11.7. The van der Waals surface area contributed by atoms with Gasteiger partial charge < -0.3 is 0 Å². The fraction of sp³-hybridized carbons (Fsp3) is 0.800. The normalized spacial score (nSPS) is 49.1. The maximum Gasteiger partial charge on any atom is 0.155 e. The van der Waals surface area contributed by atoms with Crippen LogP contribution in [0, 0.1) is 28.6 Å². The fourth-order valence-electron chi connectivity index (χ4n) is 4.87. The number of rotatable bonds is 0. The average Bonchev–Trinajstić information content (AvgIpc) is 2.73. The summed E-state index contributed by atoms with van der Waals surface area (Å²) in [5, 5.41) is 0. The summed E-state index contributed by atoms with van der Waals surface area (Å²) in [5.41, 5.74) is 2.29. The third-order valence-corrected chi connectivity index (χ3v) is 5.98. The zero-order chi connectivity index (χ0) is 11.7. The molecule has 2 fully saturated rings. The molecule has 0 N–H and O–H groups in total. The van der Waals surface area contributed by atoms with Crippen molar-refractivity contribution in [3.63, 3.8) is 0 Å². The van der Waals surface area contributed by atoms with Gasteiger partial charge in [0, 0.05) is 6.42 Å². The zero-order valence-electron chi connectivity index (χ0n) is 10.8. The summed E-state index contributed by atoms with van der Waals surface area (Å²) in [6.07, 6.45) is 5.21. The van der Waals surface area contributed by atoms with Gasteiger partial charge in [-0.05, 0) is 47.5 Å². The van der Waals surface area contributed by atoms with Crippen molar-refractivity contribution in [2.24, 2.45) is 28.6 Å². The van der Waals surface area contributed by atoms with Crippen molar-refractivity contribution >= 4 is 5.78 Å². The minimum atomic E-state index is 0.320. The highest BCUT2D eigenvalue weighted by Crippen LogP contribution is 2.74. The minimum Gasteiger partial charge on any atom is -0.295 e. The van der Waals surface area contributed by atoms with Gasteiger partial charge in [0.1, 0.15) is 0 Å². The smallest absolute Gasteiger partial charge is 0.155 e. The lowest BCUT2D eigenvalue weighted by Crippen LogP contribution is -2.38. The van der Waals surface area contributed by atoms with Gasteiger partial charge in [0.2, 0.25) is 0 Å². The molecule has 0 heterocycles. The molecular weight excluding hydrogens is 196 g/mol. The van der Waals surface area contributed by atoms with E-state index < -0.39 is 0 Å². The molecule has 0 spiro atoms. The van der Waals surface area contributed by atoms with Gasteiger partial charge in [-0.15, -0.1) is 0 Å². The van der Waals surface area contributed by atoms with Gasteiger partial charge in [-0.3, -0.25) is 4.79 Å². The van der Waals surface area contributed by atoms with Crippen LogP contribution in [-0.2, 0) is 4.79 Å². The Kier molecular flexibility index (Phi) is 1.85. The van der Waals surface area contributed by atoms with Crippen molar-refractivity contribution in [2.45, 2.75) is 47.0 Å². The van der Waals surface area contributed by atoms with Gasteiger partial charge in [-0.25, -0.2) is 0 Å². The van der Waals surface area contributed by atoms with Gasteiger partial charge in [0.15, 0.2) is 5.78 Å². The quantitative estimate of drug-likeness (QED) is 0.607. The van der Waals surface area contributed by atoms with Crippen molar-refractivity contribution in [3.05, 3.63) is 11.6 Å². The SMILES string of the molecule is C[C@@H]1CC(=O)C=C2CC[C@@H]3[C@@H](C3(C)C)[C@]21C. The predicted molar refractivity (Wildman–Crippen MR) is 65.0 cm³/mol. The number of hydrogen-bond donors (Lipinski definition) is 0. The van der Waals surface area contributed by atoms with Crippen LogP contribution in [0.5, 0.6) is 0 Å². The van der Waals surface area contributed by atoms with Crippen LogP contribution in [0.2, 0.25) is 0 Å². The molecule has 1 heteroatoms. The van der Waals surface area contributed by atoms with E-state index in [0.717, 1.165) is 24.7 Å².